The van der Waals surface area contributed by atoms with Gasteiger partial charge in [-0.3, -0.25) is 9.69 Å². The fraction of sp³-hybridized carbons (Fsp3) is 0.710. The van der Waals surface area contributed by atoms with E-state index in [0.29, 0.717) is 24.0 Å². The molecule has 4 aliphatic rings. The molecule has 0 bridgehead atoms. The summed E-state index contributed by atoms with van der Waals surface area (Å²) in [7, 11) is 1.54. The molecule has 3 fully saturated rings. The first kappa shape index (κ1) is 26.7. The first-order valence-corrected chi connectivity index (χ1v) is 15.6. The lowest BCUT2D eigenvalue weighted by Gasteiger charge is -2.51. The van der Waals surface area contributed by atoms with Crippen LogP contribution in [0.15, 0.2) is 24.3 Å². The summed E-state index contributed by atoms with van der Waals surface area (Å²) < 4.78 is 18.0. The Hall–Kier alpha value is -1.54. The zero-order valence-electron chi connectivity index (χ0n) is 23.2. The highest BCUT2D eigenvalue weighted by molar-refractivity contribution is 8.01. The Balaban J connectivity index is 1.15. The lowest BCUT2D eigenvalue weighted by Crippen LogP contribution is -2.53. The number of piperidine rings is 1. The number of thioether (sulfide) groups is 1. The van der Waals surface area contributed by atoms with Crippen molar-refractivity contribution in [2.75, 3.05) is 33.4 Å². The van der Waals surface area contributed by atoms with Crippen LogP contribution in [0.5, 0.6) is 0 Å². The quantitative estimate of drug-likeness (QED) is 0.428. The summed E-state index contributed by atoms with van der Waals surface area (Å²) in [6, 6.07) is 9.01. The van der Waals surface area contributed by atoms with Gasteiger partial charge in [0.1, 0.15) is 5.44 Å². The number of hydrogen-bond acceptors (Lipinski definition) is 6. The third kappa shape index (κ3) is 5.28. The van der Waals surface area contributed by atoms with Gasteiger partial charge in [-0.05, 0) is 74.8 Å². The van der Waals surface area contributed by atoms with Gasteiger partial charge in [-0.2, -0.15) is 0 Å². The predicted octanol–water partition coefficient (Wildman–Crippen LogP) is 6.10. The van der Waals surface area contributed by atoms with E-state index < -0.39 is 0 Å². The number of carbonyl (C=O) groups excluding carboxylic acids is 1. The normalized spacial score (nSPS) is 31.9. The summed E-state index contributed by atoms with van der Waals surface area (Å²) in [5.74, 6) is 0.539. The van der Waals surface area contributed by atoms with Crippen LogP contribution in [0, 0.1) is 17.8 Å². The van der Waals surface area contributed by atoms with Gasteiger partial charge in [-0.1, -0.05) is 32.0 Å². The van der Waals surface area contributed by atoms with Crippen molar-refractivity contribution in [2.24, 2.45) is 17.8 Å². The Labute approximate surface area is 231 Å². The zero-order valence-corrected chi connectivity index (χ0v) is 24.1. The van der Waals surface area contributed by atoms with Gasteiger partial charge < -0.3 is 19.2 Å². The highest BCUT2D eigenvalue weighted by Crippen LogP contribution is 2.50. The van der Waals surface area contributed by atoms with Crippen LogP contribution in [0.2, 0.25) is 0 Å². The second kappa shape index (κ2) is 11.1. The molecular formula is C31H44N2O4S. The van der Waals surface area contributed by atoms with Gasteiger partial charge in [-0.15, -0.1) is 11.8 Å². The molecule has 7 heteroatoms. The number of carbonyl (C=O) groups is 1. The van der Waals surface area contributed by atoms with Crippen molar-refractivity contribution in [1.29, 1.82) is 0 Å². The number of H-pyrrole nitrogens is 1. The summed E-state index contributed by atoms with van der Waals surface area (Å²) in [5.41, 5.74) is 4.37. The van der Waals surface area contributed by atoms with Crippen molar-refractivity contribution in [3.63, 3.8) is 0 Å². The summed E-state index contributed by atoms with van der Waals surface area (Å²) in [5, 5.41) is 1.36. The lowest BCUT2D eigenvalue weighted by molar-refractivity contribution is -0.164. The molecule has 1 aromatic carbocycles. The highest BCUT2D eigenvalue weighted by Gasteiger charge is 2.50. The topological polar surface area (TPSA) is 63.8 Å². The molecule has 0 radical (unpaired) electrons. The summed E-state index contributed by atoms with van der Waals surface area (Å²) in [6.45, 7) is 8.31. The third-order valence-corrected chi connectivity index (χ3v) is 11.1. The molecule has 1 aliphatic carbocycles. The third-order valence-electron chi connectivity index (χ3n) is 9.62. The molecule has 2 aromatic rings. The number of nitrogens with zero attached hydrogens (tertiary/aromatic N) is 1. The number of fused-ring (bicyclic) bond motifs is 6. The molecule has 0 amide bonds. The Kier molecular flexibility index (Phi) is 7.82. The lowest BCUT2D eigenvalue weighted by atomic mass is 9.64. The minimum atomic E-state index is -0.187. The second-order valence-electron chi connectivity index (χ2n) is 12.4. The van der Waals surface area contributed by atoms with E-state index in [1.54, 1.807) is 7.11 Å². The number of benzene rings is 1. The number of methoxy groups -OCH3 is 1. The SMILES string of the molecule is COC(=O)[C@@H]1[C@H]2C[C@H]3c4[nH]c5ccccc5c4CCN3C[C@@H]2CC[C@@H]1OCCC(C)(C)SC1CCCCO1. The van der Waals surface area contributed by atoms with Gasteiger partial charge in [0.05, 0.1) is 25.2 Å². The molecule has 6 atom stereocenters. The second-order valence-corrected chi connectivity index (χ2v) is 14.3. The first-order chi connectivity index (χ1) is 18.4. The van der Waals surface area contributed by atoms with Gasteiger partial charge in [-0.25, -0.2) is 0 Å². The van der Waals surface area contributed by atoms with Gasteiger partial charge in [0.2, 0.25) is 0 Å². The van der Waals surface area contributed by atoms with E-state index in [0.717, 1.165) is 58.2 Å². The molecule has 3 aliphatic heterocycles. The van der Waals surface area contributed by atoms with Crippen LogP contribution in [-0.4, -0.2) is 65.6 Å². The molecule has 1 N–H and O–H groups in total. The Morgan fingerprint density at radius 2 is 2.08 bits per heavy atom. The highest BCUT2D eigenvalue weighted by atomic mass is 32.2. The van der Waals surface area contributed by atoms with E-state index in [9.17, 15) is 4.79 Å². The van der Waals surface area contributed by atoms with Crippen LogP contribution in [-0.2, 0) is 25.4 Å². The maximum atomic E-state index is 13.3. The molecule has 0 spiro atoms. The maximum absolute atomic E-state index is 13.3. The monoisotopic (exact) mass is 540 g/mol. The smallest absolute Gasteiger partial charge is 0.311 e. The molecule has 2 saturated heterocycles. The molecule has 38 heavy (non-hydrogen) atoms. The standard InChI is InChI=1S/C31H44N2O4S/c1-31(2,38-27-10-6-7-16-37-27)14-17-36-26-12-11-20-19-33-15-13-22-21-8-4-5-9-24(21)32-29(22)25(33)18-23(20)28(26)30(34)35-3/h4-5,8-9,20,23,25-28,32H,6-7,10-19H2,1-3H3/t20-,23-,25-,26-,27?,28+/m0/s1. The van der Waals surface area contributed by atoms with Gasteiger partial charge >= 0.3 is 5.97 Å². The Morgan fingerprint density at radius 1 is 1.21 bits per heavy atom. The van der Waals surface area contributed by atoms with Crippen LogP contribution in [0.25, 0.3) is 10.9 Å². The molecule has 208 valence electrons. The van der Waals surface area contributed by atoms with Crippen LogP contribution in [0.1, 0.15) is 76.1 Å². The van der Waals surface area contributed by atoms with Crippen molar-refractivity contribution >= 4 is 28.6 Å². The number of aromatic amines is 1. The molecule has 4 heterocycles. The summed E-state index contributed by atoms with van der Waals surface area (Å²) in [6.07, 6.45) is 8.62. The molecule has 1 aromatic heterocycles. The predicted molar refractivity (Wildman–Crippen MR) is 152 cm³/mol. The molecule has 1 saturated carbocycles. The van der Waals surface area contributed by atoms with Gasteiger partial charge in [0.25, 0.3) is 0 Å². The number of ether oxygens (including phenoxy) is 3. The number of nitrogens with one attached hydrogen (secondary N) is 1. The van der Waals surface area contributed by atoms with Gasteiger partial charge in [0.15, 0.2) is 0 Å². The van der Waals surface area contributed by atoms with Crippen molar-refractivity contribution < 1.29 is 19.0 Å². The van der Waals surface area contributed by atoms with Crippen LogP contribution >= 0.6 is 11.8 Å². The van der Waals surface area contributed by atoms with Crippen molar-refractivity contribution in [1.82, 2.24) is 9.88 Å². The van der Waals surface area contributed by atoms with Crippen molar-refractivity contribution in [3.05, 3.63) is 35.5 Å². The van der Waals surface area contributed by atoms with Crippen LogP contribution in [0.3, 0.4) is 0 Å². The Morgan fingerprint density at radius 3 is 2.89 bits per heavy atom. The van der Waals surface area contributed by atoms with E-state index in [1.807, 2.05) is 11.8 Å². The van der Waals surface area contributed by atoms with Crippen LogP contribution < -0.4 is 0 Å². The van der Waals surface area contributed by atoms with Crippen molar-refractivity contribution in [3.8, 4) is 0 Å². The summed E-state index contributed by atoms with van der Waals surface area (Å²) >= 11 is 1.94. The molecule has 6 nitrogen and oxygen atoms in total. The van der Waals surface area contributed by atoms with E-state index in [2.05, 4.69) is 48.0 Å². The number of rotatable bonds is 7. The number of esters is 1. The zero-order chi connectivity index (χ0) is 26.3. The van der Waals surface area contributed by atoms with E-state index >= 15 is 0 Å². The molecular weight excluding hydrogens is 496 g/mol. The molecule has 1 unspecified atom stereocenters. The largest absolute Gasteiger partial charge is 0.469 e. The van der Waals surface area contributed by atoms with Crippen molar-refractivity contribution in [2.45, 2.75) is 87.5 Å². The minimum absolute atomic E-state index is 0.0623. The maximum Gasteiger partial charge on any atom is 0.311 e. The fourth-order valence-electron chi connectivity index (χ4n) is 7.64. The number of aromatic nitrogens is 1. The number of hydrogen-bond donors (Lipinski definition) is 1. The summed E-state index contributed by atoms with van der Waals surface area (Å²) in [4.78, 5) is 19.7. The Bertz CT molecular complexity index is 1130. The number of para-hydroxylation sites is 1. The first-order valence-electron chi connectivity index (χ1n) is 14.8. The van der Waals surface area contributed by atoms with E-state index in [4.69, 9.17) is 14.2 Å². The van der Waals surface area contributed by atoms with Crippen LogP contribution in [0.4, 0.5) is 0 Å². The van der Waals surface area contributed by atoms with E-state index in [1.165, 1.54) is 35.0 Å². The average molecular weight is 541 g/mol. The van der Waals surface area contributed by atoms with E-state index in [-0.39, 0.29) is 28.7 Å². The molecule has 6 rings (SSSR count). The van der Waals surface area contributed by atoms with Gasteiger partial charge in [0, 0.05) is 47.6 Å². The fourth-order valence-corrected chi connectivity index (χ4v) is 9.01. The average Bonchev–Trinajstić information content (AvgIpc) is 3.31. The minimum Gasteiger partial charge on any atom is -0.469 e.